The van der Waals surface area contributed by atoms with Crippen LogP contribution in [0.4, 0.5) is 0 Å². The van der Waals surface area contributed by atoms with E-state index in [1.165, 1.54) is 5.56 Å². The van der Waals surface area contributed by atoms with Crippen LogP contribution in [-0.2, 0) is 32.7 Å². The largest absolute Gasteiger partial charge is 0.507 e. The predicted molar refractivity (Wildman–Crippen MR) is 192 cm³/mol. The van der Waals surface area contributed by atoms with Crippen molar-refractivity contribution in [1.82, 2.24) is 25.3 Å². The van der Waals surface area contributed by atoms with Gasteiger partial charge in [-0.1, -0.05) is 65.7 Å². The molecule has 1 fully saturated rings. The Morgan fingerprint density at radius 3 is 1.37 bits per heavy atom. The van der Waals surface area contributed by atoms with E-state index in [1.807, 2.05) is 44.2 Å². The van der Waals surface area contributed by atoms with Gasteiger partial charge in [-0.25, -0.2) is 0 Å². The third-order valence-corrected chi connectivity index (χ3v) is 9.32. The molecule has 270 valence electrons. The molecule has 1 aliphatic heterocycles. The molecule has 0 radical (unpaired) electrons. The first-order valence-corrected chi connectivity index (χ1v) is 17.5. The number of phenols is 2. The highest BCUT2D eigenvalue weighted by atomic mass is 16.3. The molecule has 11 nitrogen and oxygen atoms in total. The minimum Gasteiger partial charge on any atom is -0.507 e. The number of aromatic hydroxyl groups is 2. The Bertz CT molecular complexity index is 1420. The van der Waals surface area contributed by atoms with Crippen molar-refractivity contribution in [2.45, 2.75) is 65.1 Å². The first kappa shape index (κ1) is 38.7. The molecule has 1 aliphatic rings. The average molecular weight is 680 g/mol. The van der Waals surface area contributed by atoms with Crippen molar-refractivity contribution in [2.24, 2.45) is 0 Å². The summed E-state index contributed by atoms with van der Waals surface area (Å²) < 4.78 is 0. The van der Waals surface area contributed by atoms with Gasteiger partial charge in [0.25, 0.3) is 0 Å². The van der Waals surface area contributed by atoms with Crippen LogP contribution in [-0.4, -0.2) is 123 Å². The number of aliphatic hydroxyl groups is 4. The van der Waals surface area contributed by atoms with Gasteiger partial charge in [0.05, 0.1) is 38.5 Å². The topological polar surface area (TPSA) is 155 Å². The maximum absolute atomic E-state index is 11.3. The SMILES string of the molecule is Cc1cc(CNC(CO)CO)c(O)c(CN2CCCN(Cc3ccccc3)CCN(Cc3cc(C)cc(CNC(CO)CO)c3O)CC2)c1. The molecule has 4 rings (SSSR count). The van der Waals surface area contributed by atoms with Crippen molar-refractivity contribution in [3.8, 4) is 11.5 Å². The fraction of sp³-hybridized carbons (Fsp3) is 0.526. The van der Waals surface area contributed by atoms with Crippen LogP contribution in [0.2, 0.25) is 0 Å². The zero-order chi connectivity index (χ0) is 35.2. The third-order valence-electron chi connectivity index (χ3n) is 9.32. The van der Waals surface area contributed by atoms with Crippen LogP contribution in [0.1, 0.15) is 45.4 Å². The Hall–Kier alpha value is -3.10. The van der Waals surface area contributed by atoms with Crippen LogP contribution in [0.25, 0.3) is 0 Å². The number of phenolic OH excluding ortho intramolecular Hbond substituents is 2. The molecule has 1 saturated heterocycles. The zero-order valence-corrected chi connectivity index (χ0v) is 29.2. The minimum atomic E-state index is -0.454. The highest BCUT2D eigenvalue weighted by molar-refractivity contribution is 5.44. The fourth-order valence-electron chi connectivity index (χ4n) is 6.48. The number of rotatable bonds is 16. The van der Waals surface area contributed by atoms with Crippen LogP contribution in [0.5, 0.6) is 11.5 Å². The van der Waals surface area contributed by atoms with Gasteiger partial charge in [0, 0.05) is 81.2 Å². The Morgan fingerprint density at radius 1 is 0.551 bits per heavy atom. The lowest BCUT2D eigenvalue weighted by molar-refractivity contribution is 0.138. The van der Waals surface area contributed by atoms with Gasteiger partial charge >= 0.3 is 0 Å². The van der Waals surface area contributed by atoms with Crippen LogP contribution < -0.4 is 10.6 Å². The van der Waals surface area contributed by atoms with Crippen LogP contribution in [0, 0.1) is 13.8 Å². The van der Waals surface area contributed by atoms with Gasteiger partial charge in [0.1, 0.15) is 11.5 Å². The maximum Gasteiger partial charge on any atom is 0.124 e. The van der Waals surface area contributed by atoms with E-state index >= 15 is 0 Å². The monoisotopic (exact) mass is 679 g/mol. The second-order valence-corrected chi connectivity index (χ2v) is 13.4. The van der Waals surface area contributed by atoms with E-state index in [0.29, 0.717) is 26.2 Å². The smallest absolute Gasteiger partial charge is 0.124 e. The van der Waals surface area contributed by atoms with E-state index in [1.54, 1.807) is 0 Å². The molecule has 0 saturated carbocycles. The lowest BCUT2D eigenvalue weighted by atomic mass is 10.0. The molecule has 3 aromatic carbocycles. The van der Waals surface area contributed by atoms with Gasteiger partial charge < -0.3 is 41.3 Å². The molecule has 0 spiro atoms. The number of nitrogens with zero attached hydrogens (tertiary/aromatic N) is 3. The Morgan fingerprint density at radius 2 is 0.939 bits per heavy atom. The predicted octanol–water partition coefficient (Wildman–Crippen LogP) is 1.81. The van der Waals surface area contributed by atoms with Crippen LogP contribution in [0.15, 0.2) is 54.6 Å². The Balaban J connectivity index is 1.54. The summed E-state index contributed by atoms with van der Waals surface area (Å²) in [5.74, 6) is 0.473. The van der Waals surface area contributed by atoms with Crippen molar-refractivity contribution in [2.75, 3.05) is 65.7 Å². The molecular weight excluding hydrogens is 622 g/mol. The normalized spacial score (nSPS) is 15.8. The van der Waals surface area contributed by atoms with Crippen LogP contribution in [0.3, 0.4) is 0 Å². The van der Waals surface area contributed by atoms with Crippen molar-refractivity contribution in [3.63, 3.8) is 0 Å². The molecule has 0 aromatic heterocycles. The van der Waals surface area contributed by atoms with Gasteiger partial charge in [-0.3, -0.25) is 14.7 Å². The number of nitrogens with one attached hydrogen (secondary N) is 2. The lowest BCUT2D eigenvalue weighted by Gasteiger charge is -2.33. The van der Waals surface area contributed by atoms with E-state index in [-0.39, 0.29) is 37.9 Å². The molecule has 0 atom stereocenters. The van der Waals surface area contributed by atoms with Gasteiger partial charge in [-0.05, 0) is 38.9 Å². The summed E-state index contributed by atoms with van der Waals surface area (Å²) >= 11 is 0. The summed E-state index contributed by atoms with van der Waals surface area (Å²) in [7, 11) is 0. The van der Waals surface area contributed by atoms with Crippen molar-refractivity contribution >= 4 is 0 Å². The minimum absolute atomic E-state index is 0.187. The molecule has 1 heterocycles. The second kappa shape index (κ2) is 19.9. The average Bonchev–Trinajstić information content (AvgIpc) is 3.10. The van der Waals surface area contributed by atoms with E-state index < -0.39 is 12.1 Å². The first-order chi connectivity index (χ1) is 23.7. The van der Waals surface area contributed by atoms with Gasteiger partial charge in [0.2, 0.25) is 0 Å². The summed E-state index contributed by atoms with van der Waals surface area (Å²) in [5.41, 5.74) is 6.52. The molecule has 11 heteroatoms. The summed E-state index contributed by atoms with van der Waals surface area (Å²) in [5, 5.41) is 66.8. The highest BCUT2D eigenvalue weighted by Gasteiger charge is 2.20. The lowest BCUT2D eigenvalue weighted by Crippen LogP contribution is -2.42. The second-order valence-electron chi connectivity index (χ2n) is 13.4. The number of hydrogen-bond acceptors (Lipinski definition) is 11. The molecule has 8 N–H and O–H groups in total. The van der Waals surface area contributed by atoms with Gasteiger partial charge in [-0.2, -0.15) is 0 Å². The van der Waals surface area contributed by atoms with Crippen LogP contribution >= 0.6 is 0 Å². The Kier molecular flexibility index (Phi) is 15.7. The number of hydrogen-bond donors (Lipinski definition) is 8. The summed E-state index contributed by atoms with van der Waals surface area (Å²) in [6.45, 7) is 11.0. The van der Waals surface area contributed by atoms with Crippen molar-refractivity contribution in [3.05, 3.63) is 93.5 Å². The summed E-state index contributed by atoms with van der Waals surface area (Å²) in [4.78, 5) is 7.28. The Labute approximate surface area is 291 Å². The van der Waals surface area contributed by atoms with E-state index in [9.17, 15) is 30.6 Å². The molecule has 3 aromatic rings. The zero-order valence-electron chi connectivity index (χ0n) is 29.2. The molecule has 49 heavy (non-hydrogen) atoms. The number of benzene rings is 3. The van der Waals surface area contributed by atoms with Crippen molar-refractivity contribution in [1.29, 1.82) is 0 Å². The summed E-state index contributed by atoms with van der Waals surface area (Å²) in [6, 6.07) is 17.6. The highest BCUT2D eigenvalue weighted by Crippen LogP contribution is 2.28. The van der Waals surface area contributed by atoms with E-state index in [0.717, 1.165) is 85.6 Å². The van der Waals surface area contributed by atoms with Gasteiger partial charge in [0.15, 0.2) is 0 Å². The standard InChI is InChI=1S/C38H57N5O6/c1-28-15-31(19-39-35(24-44)25-45)37(48)33(17-28)22-42-10-6-9-41(21-30-7-4-3-5-8-30)11-13-43(14-12-42)23-34-18-29(2)16-32(38(34)49)20-40-36(26-46)27-47/h3-5,7-8,15-18,35-36,39-40,44-49H,6,9-14,19-27H2,1-2H3. The maximum atomic E-state index is 11.3. The first-order valence-electron chi connectivity index (χ1n) is 17.5. The molecule has 0 amide bonds. The number of aliphatic hydroxyl groups excluding tert-OH is 4. The quantitative estimate of drug-likeness (QED) is 0.112. The summed E-state index contributed by atoms with van der Waals surface area (Å²) in [6.07, 6.45) is 0.986. The molecular formula is C38H57N5O6. The fourth-order valence-corrected chi connectivity index (χ4v) is 6.48. The molecule has 0 bridgehead atoms. The number of aryl methyl sites for hydroxylation is 2. The molecule has 0 aliphatic carbocycles. The van der Waals surface area contributed by atoms with Gasteiger partial charge in [-0.15, -0.1) is 0 Å². The third kappa shape index (κ3) is 12.0. The van der Waals surface area contributed by atoms with E-state index in [2.05, 4.69) is 49.6 Å². The van der Waals surface area contributed by atoms with Crippen molar-refractivity contribution < 1.29 is 30.6 Å². The molecule has 0 unspecified atom stereocenters. The van der Waals surface area contributed by atoms with E-state index in [4.69, 9.17) is 0 Å².